The third-order valence-corrected chi connectivity index (χ3v) is 14.2. The number of hydrogen-bond donors (Lipinski definition) is 2. The SMILES string of the molecule is CC(CC[C@@H](C)[C@H]1CC[C@@]2(C)[C@@H]3C[C@H](OS(=O)(=O)[O-])[C@H]4[C@@H](O)[C@H](OS(=O)(=O)[O-])[C@@H](OS(=O)(=O)[O-])C[C@]4(C)C3=CC[C@]12C)C1=CC(=O)OC1O.[Na+].[Na+].[Na+]. The van der Waals surface area contributed by atoms with Gasteiger partial charge in [-0.1, -0.05) is 46.3 Å². The summed E-state index contributed by atoms with van der Waals surface area (Å²) < 4.78 is 125. The molecule has 5 rings (SSSR count). The van der Waals surface area contributed by atoms with E-state index >= 15 is 0 Å². The Hall–Kier alpha value is 1.48. The van der Waals surface area contributed by atoms with E-state index in [4.69, 9.17) is 8.92 Å². The number of aliphatic hydroxyl groups is 2. The predicted octanol–water partition coefficient (Wildman–Crippen LogP) is -7.45. The van der Waals surface area contributed by atoms with Crippen molar-refractivity contribution in [2.75, 3.05) is 0 Å². The normalized spacial score (nSPS) is 39.8. The van der Waals surface area contributed by atoms with Crippen molar-refractivity contribution in [2.45, 2.75) is 110 Å². The molecule has 52 heavy (non-hydrogen) atoms. The Bertz CT molecular complexity index is 1740. The van der Waals surface area contributed by atoms with Crippen LogP contribution in [0.4, 0.5) is 0 Å². The molecule has 0 saturated heterocycles. The number of carbonyl (C=O) groups is 1. The van der Waals surface area contributed by atoms with Crippen LogP contribution in [0.25, 0.3) is 0 Å². The van der Waals surface area contributed by atoms with E-state index < -0.39 is 97.0 Å². The summed E-state index contributed by atoms with van der Waals surface area (Å²) >= 11 is 0. The Kier molecular flexibility index (Phi) is 16.6. The number of aliphatic hydroxyl groups excluding tert-OH is 2. The Balaban J connectivity index is 0.00000312. The summed E-state index contributed by atoms with van der Waals surface area (Å²) in [5, 5.41) is 21.6. The minimum absolute atomic E-state index is 0. The van der Waals surface area contributed by atoms with Crippen LogP contribution in [0.5, 0.6) is 0 Å². The fourth-order valence-corrected chi connectivity index (χ4v) is 11.9. The first-order valence-electron chi connectivity index (χ1n) is 16.2. The Labute approximate surface area is 372 Å². The molecule has 280 valence electrons. The van der Waals surface area contributed by atoms with E-state index in [1.54, 1.807) is 6.92 Å². The van der Waals surface area contributed by atoms with Gasteiger partial charge in [0.2, 0.25) is 37.5 Å². The van der Waals surface area contributed by atoms with Crippen LogP contribution in [-0.2, 0) is 53.3 Å². The molecule has 2 N–H and O–H groups in total. The van der Waals surface area contributed by atoms with Crippen molar-refractivity contribution >= 4 is 37.2 Å². The number of esters is 1. The van der Waals surface area contributed by atoms with Gasteiger partial charge >= 0.3 is 94.6 Å². The molecular formula is C30H43Na3O16S3. The van der Waals surface area contributed by atoms with E-state index in [1.807, 2.05) is 13.0 Å². The number of cyclic esters (lactones) is 1. The standard InChI is InChI=1S/C30H46O16S3.3Na/c1-15(17-12-23(31)43-27(17)33)6-7-16(2)18-8-10-30(5)20-13-21(44-47(34,35)36)24-25(32)26(46-49(40,41)42)22(45-48(37,38)39)14-28(24,3)19(20)9-11-29(18,30)4;;;/h9,12,15-16,18,20-22,24-27,32-33H,6-8,10-11,13-14H2,1-5H3,(H,34,35,36)(H,37,38,39)(H,40,41,42);;;/q;3*+1/p-3/t15?,16-,18-,20-,21+,22+,24+,25-,26-,27?,28-,29-,30+;;;/m1.../s1. The summed E-state index contributed by atoms with van der Waals surface area (Å²) in [7, 11) is -16.5. The van der Waals surface area contributed by atoms with Gasteiger partial charge in [0, 0.05) is 17.6 Å². The summed E-state index contributed by atoms with van der Waals surface area (Å²) in [6.45, 7) is 9.84. The maximum atomic E-state index is 12.0. The Morgan fingerprint density at radius 2 is 1.44 bits per heavy atom. The first-order valence-corrected chi connectivity index (χ1v) is 20.2. The minimum Gasteiger partial charge on any atom is -0.726 e. The molecule has 3 fully saturated rings. The van der Waals surface area contributed by atoms with Gasteiger partial charge in [0.1, 0.15) is 12.2 Å². The van der Waals surface area contributed by atoms with E-state index in [-0.39, 0.29) is 118 Å². The van der Waals surface area contributed by atoms with Gasteiger partial charge in [-0.25, -0.2) is 30.0 Å². The van der Waals surface area contributed by atoms with Crippen LogP contribution in [0, 0.1) is 45.8 Å². The smallest absolute Gasteiger partial charge is 0.726 e. The molecule has 3 saturated carbocycles. The van der Waals surface area contributed by atoms with Crippen molar-refractivity contribution in [3.8, 4) is 0 Å². The van der Waals surface area contributed by atoms with Crippen LogP contribution in [0.2, 0.25) is 0 Å². The third kappa shape index (κ3) is 9.84. The van der Waals surface area contributed by atoms with Gasteiger partial charge in [0.25, 0.3) is 0 Å². The summed E-state index contributed by atoms with van der Waals surface area (Å²) in [6, 6.07) is 0. The van der Waals surface area contributed by atoms with Crippen molar-refractivity contribution in [3.63, 3.8) is 0 Å². The molecular weight excluding hydrogens is 781 g/mol. The Morgan fingerprint density at radius 1 is 0.885 bits per heavy atom. The zero-order valence-electron chi connectivity index (χ0n) is 30.7. The molecule has 22 heteroatoms. The summed E-state index contributed by atoms with van der Waals surface area (Å²) in [6.07, 6.45) is -2.98. The van der Waals surface area contributed by atoms with Crippen LogP contribution in [0.15, 0.2) is 23.3 Å². The second-order valence-corrected chi connectivity index (χ2v) is 18.2. The van der Waals surface area contributed by atoms with Gasteiger partial charge < -0.3 is 28.6 Å². The van der Waals surface area contributed by atoms with Crippen molar-refractivity contribution in [1.29, 1.82) is 0 Å². The topological polar surface area (TPSA) is 266 Å². The molecule has 1 heterocycles. The number of ether oxygens (including phenoxy) is 1. The molecule has 0 aromatic rings. The number of rotatable bonds is 11. The largest absolute Gasteiger partial charge is 1.00 e. The van der Waals surface area contributed by atoms with E-state index in [0.717, 1.165) is 12.8 Å². The van der Waals surface area contributed by atoms with E-state index in [1.165, 1.54) is 6.08 Å². The molecule has 13 atom stereocenters. The van der Waals surface area contributed by atoms with Crippen LogP contribution in [-0.4, -0.2) is 85.8 Å². The molecule has 1 aliphatic heterocycles. The fraction of sp³-hybridized carbons (Fsp3) is 0.833. The first-order chi connectivity index (χ1) is 22.3. The molecule has 0 bridgehead atoms. The van der Waals surface area contributed by atoms with Gasteiger partial charge in [-0.3, -0.25) is 12.5 Å². The van der Waals surface area contributed by atoms with E-state index in [0.29, 0.717) is 30.4 Å². The van der Waals surface area contributed by atoms with Crippen LogP contribution in [0.1, 0.15) is 79.6 Å². The van der Waals surface area contributed by atoms with Crippen LogP contribution < -0.4 is 88.7 Å². The average molecular weight is 825 g/mol. The third-order valence-electron chi connectivity index (χ3n) is 12.8. The number of allylic oxidation sites excluding steroid dienone is 2. The van der Waals surface area contributed by atoms with Gasteiger partial charge in [0.05, 0.1) is 12.2 Å². The van der Waals surface area contributed by atoms with Crippen molar-refractivity contribution in [2.24, 2.45) is 45.8 Å². The molecule has 16 nitrogen and oxygen atoms in total. The molecule has 0 aromatic heterocycles. The maximum absolute atomic E-state index is 12.0. The molecule has 5 aliphatic rings. The van der Waals surface area contributed by atoms with Gasteiger partial charge in [-0.15, -0.1) is 0 Å². The van der Waals surface area contributed by atoms with E-state index in [2.05, 4.69) is 29.1 Å². The summed E-state index contributed by atoms with van der Waals surface area (Å²) in [5.41, 5.74) is -1.10. The number of carbonyl (C=O) groups excluding carboxylic acids is 1. The second kappa shape index (κ2) is 17.4. The van der Waals surface area contributed by atoms with Crippen molar-refractivity contribution in [1.82, 2.24) is 0 Å². The zero-order chi connectivity index (χ0) is 36.7. The zero-order valence-corrected chi connectivity index (χ0v) is 39.2. The minimum atomic E-state index is -5.60. The maximum Gasteiger partial charge on any atom is 1.00 e. The molecule has 0 aromatic carbocycles. The van der Waals surface area contributed by atoms with Gasteiger partial charge in [-0.05, 0) is 84.9 Å². The second-order valence-electron chi connectivity index (χ2n) is 15.2. The average Bonchev–Trinajstić information content (AvgIpc) is 3.41. The predicted molar refractivity (Wildman–Crippen MR) is 163 cm³/mol. The van der Waals surface area contributed by atoms with Gasteiger partial charge in [0.15, 0.2) is 0 Å². The Morgan fingerprint density at radius 3 is 1.96 bits per heavy atom. The molecule has 4 aliphatic carbocycles. The summed E-state index contributed by atoms with van der Waals surface area (Å²) in [5.74, 6) is -2.21. The van der Waals surface area contributed by atoms with Crippen molar-refractivity contribution < 1.29 is 160 Å². The molecule has 0 radical (unpaired) electrons. The quantitative estimate of drug-likeness (QED) is 0.0644. The fourth-order valence-electron chi connectivity index (χ4n) is 10.4. The van der Waals surface area contributed by atoms with E-state index in [9.17, 15) is 53.9 Å². The van der Waals surface area contributed by atoms with Crippen LogP contribution >= 0.6 is 0 Å². The van der Waals surface area contributed by atoms with Gasteiger partial charge in [-0.2, -0.15) is 0 Å². The number of hydrogen-bond acceptors (Lipinski definition) is 16. The molecule has 0 amide bonds. The molecule has 2 unspecified atom stereocenters. The monoisotopic (exact) mass is 824 g/mol. The van der Waals surface area contributed by atoms with Crippen LogP contribution in [0.3, 0.4) is 0 Å². The number of fused-ring (bicyclic) bond motifs is 5. The first kappa shape index (κ1) is 49.6. The molecule has 0 spiro atoms. The summed E-state index contributed by atoms with van der Waals surface area (Å²) in [4.78, 5) is 11.6. The van der Waals surface area contributed by atoms with Crippen molar-refractivity contribution in [3.05, 3.63) is 23.3 Å².